The lowest BCUT2D eigenvalue weighted by molar-refractivity contribution is 0.102. The minimum absolute atomic E-state index is 0.0737. The Labute approximate surface area is 168 Å². The maximum absolute atomic E-state index is 12.5. The lowest BCUT2D eigenvalue weighted by Gasteiger charge is -2.25. The van der Waals surface area contributed by atoms with Gasteiger partial charge in [0.25, 0.3) is 5.91 Å². The fourth-order valence-electron chi connectivity index (χ4n) is 3.15. The number of anilines is 1. The Hall–Kier alpha value is -1.97. The molecule has 0 atom stereocenters. The first-order chi connectivity index (χ1) is 13.3. The molecule has 1 aliphatic heterocycles. The van der Waals surface area contributed by atoms with Crippen LogP contribution in [0.25, 0.3) is 0 Å². The van der Waals surface area contributed by atoms with Crippen LogP contribution in [-0.2, 0) is 23.0 Å². The molecular weight excluding hydrogens is 398 g/mol. The van der Waals surface area contributed by atoms with Gasteiger partial charge >= 0.3 is 0 Å². The average molecular weight is 422 g/mol. The first-order valence-corrected chi connectivity index (χ1v) is 11.7. The van der Waals surface area contributed by atoms with Gasteiger partial charge in [-0.05, 0) is 51.0 Å². The van der Waals surface area contributed by atoms with Crippen LogP contribution in [0.1, 0.15) is 47.6 Å². The number of sulfonamides is 1. The number of carbonyl (C=O) groups excluding carboxylic acids is 1. The molecule has 1 aromatic carbocycles. The van der Waals surface area contributed by atoms with Crippen LogP contribution in [-0.4, -0.2) is 41.5 Å². The lowest BCUT2D eigenvalue weighted by atomic mass is 10.2. The zero-order valence-corrected chi connectivity index (χ0v) is 17.5. The Bertz CT molecular complexity index is 979. The zero-order chi connectivity index (χ0) is 19.9. The molecule has 1 N–H and O–H groups in total. The van der Waals surface area contributed by atoms with E-state index in [1.54, 1.807) is 28.6 Å². The number of aromatic nitrogens is 1. The van der Waals surface area contributed by atoms with E-state index in [1.165, 1.54) is 11.3 Å². The molecule has 2 aromatic rings. The second kappa shape index (κ2) is 7.46. The first kappa shape index (κ1) is 19.4. The van der Waals surface area contributed by atoms with Crippen LogP contribution in [0.15, 0.2) is 24.3 Å². The Morgan fingerprint density at radius 3 is 2.64 bits per heavy atom. The van der Waals surface area contributed by atoms with Crippen molar-refractivity contribution in [1.29, 1.82) is 0 Å². The van der Waals surface area contributed by atoms with Gasteiger partial charge in [-0.2, -0.15) is 4.31 Å². The summed E-state index contributed by atoms with van der Waals surface area (Å²) in [4.78, 5) is 17.9. The first-order valence-electron chi connectivity index (χ1n) is 9.38. The molecule has 2 aliphatic rings. The number of thiazole rings is 1. The SMILES string of the molecule is CC(C)Oc1ccc(C(=O)Nc2nc3c(s2)CN(S(=O)(=O)C2CC2)CC3)cc1. The maximum Gasteiger partial charge on any atom is 0.257 e. The van der Waals surface area contributed by atoms with Gasteiger partial charge in [-0.3, -0.25) is 10.1 Å². The molecule has 1 aromatic heterocycles. The normalized spacial score (nSPS) is 17.4. The Balaban J connectivity index is 1.42. The van der Waals surface area contributed by atoms with E-state index in [1.807, 2.05) is 13.8 Å². The Kier molecular flexibility index (Phi) is 5.15. The van der Waals surface area contributed by atoms with E-state index in [2.05, 4.69) is 10.3 Å². The van der Waals surface area contributed by atoms with Crippen LogP contribution in [0.3, 0.4) is 0 Å². The van der Waals surface area contributed by atoms with Crippen molar-refractivity contribution in [3.8, 4) is 5.75 Å². The molecule has 7 nitrogen and oxygen atoms in total. The van der Waals surface area contributed by atoms with E-state index >= 15 is 0 Å². The van der Waals surface area contributed by atoms with Gasteiger partial charge in [0.15, 0.2) is 5.13 Å². The van der Waals surface area contributed by atoms with Gasteiger partial charge in [0.1, 0.15) is 5.75 Å². The zero-order valence-electron chi connectivity index (χ0n) is 15.8. The minimum Gasteiger partial charge on any atom is -0.491 e. The molecule has 2 heterocycles. The predicted octanol–water partition coefficient (Wildman–Crippen LogP) is 3.03. The summed E-state index contributed by atoms with van der Waals surface area (Å²) >= 11 is 1.35. The standard InChI is InChI=1S/C19H23N3O4S2/c1-12(2)26-14-5-3-13(4-6-14)18(23)21-19-20-16-9-10-22(11-17(16)27-19)28(24,25)15-7-8-15/h3-6,12,15H,7-11H2,1-2H3,(H,20,21,23). The van der Waals surface area contributed by atoms with Crippen molar-refractivity contribution in [2.24, 2.45) is 0 Å². The van der Waals surface area contributed by atoms with Gasteiger partial charge in [-0.1, -0.05) is 0 Å². The number of hydrogen-bond donors (Lipinski definition) is 1. The van der Waals surface area contributed by atoms with Crippen LogP contribution in [0.5, 0.6) is 5.75 Å². The maximum atomic E-state index is 12.5. The molecule has 0 saturated heterocycles. The van der Waals surface area contributed by atoms with Crippen molar-refractivity contribution in [3.05, 3.63) is 40.4 Å². The van der Waals surface area contributed by atoms with E-state index in [4.69, 9.17) is 4.74 Å². The highest BCUT2D eigenvalue weighted by Gasteiger charge is 2.41. The van der Waals surface area contributed by atoms with E-state index < -0.39 is 10.0 Å². The Morgan fingerprint density at radius 1 is 1.29 bits per heavy atom. The summed E-state index contributed by atoms with van der Waals surface area (Å²) in [5.41, 5.74) is 1.39. The van der Waals surface area contributed by atoms with Gasteiger partial charge < -0.3 is 4.74 Å². The highest BCUT2D eigenvalue weighted by molar-refractivity contribution is 7.90. The molecule has 9 heteroatoms. The highest BCUT2D eigenvalue weighted by Crippen LogP contribution is 2.35. The van der Waals surface area contributed by atoms with Gasteiger partial charge in [0, 0.05) is 30.0 Å². The van der Waals surface area contributed by atoms with Crippen molar-refractivity contribution in [3.63, 3.8) is 0 Å². The molecule has 150 valence electrons. The summed E-state index contributed by atoms with van der Waals surface area (Å²) in [5, 5.41) is 3.12. The topological polar surface area (TPSA) is 88.6 Å². The van der Waals surface area contributed by atoms with Crippen molar-refractivity contribution >= 4 is 32.4 Å². The molecule has 1 amide bonds. The summed E-state index contributed by atoms with van der Waals surface area (Å²) in [6.07, 6.45) is 2.17. The highest BCUT2D eigenvalue weighted by atomic mass is 32.2. The summed E-state index contributed by atoms with van der Waals surface area (Å²) in [6, 6.07) is 6.96. The van der Waals surface area contributed by atoms with Crippen molar-refractivity contribution in [2.45, 2.75) is 51.0 Å². The van der Waals surface area contributed by atoms with E-state index in [0.717, 1.165) is 23.4 Å². The third-order valence-corrected chi connectivity index (χ3v) is 8.05. The summed E-state index contributed by atoms with van der Waals surface area (Å²) < 4.78 is 32.0. The number of amides is 1. The number of benzene rings is 1. The molecule has 1 aliphatic carbocycles. The van der Waals surface area contributed by atoms with Crippen molar-refractivity contribution < 1.29 is 17.9 Å². The lowest BCUT2D eigenvalue weighted by Crippen LogP contribution is -2.37. The van der Waals surface area contributed by atoms with Gasteiger partial charge in [-0.25, -0.2) is 13.4 Å². The van der Waals surface area contributed by atoms with Crippen LogP contribution >= 0.6 is 11.3 Å². The number of hydrogen-bond acceptors (Lipinski definition) is 6. The van der Waals surface area contributed by atoms with Crippen LogP contribution < -0.4 is 10.1 Å². The predicted molar refractivity (Wildman–Crippen MR) is 108 cm³/mol. The average Bonchev–Trinajstić information content (AvgIpc) is 3.43. The van der Waals surface area contributed by atoms with E-state index in [-0.39, 0.29) is 17.3 Å². The Morgan fingerprint density at radius 2 is 2.00 bits per heavy atom. The molecule has 0 radical (unpaired) electrons. The van der Waals surface area contributed by atoms with Crippen LogP contribution in [0.2, 0.25) is 0 Å². The van der Waals surface area contributed by atoms with Crippen molar-refractivity contribution in [2.75, 3.05) is 11.9 Å². The molecule has 0 bridgehead atoms. The molecule has 0 unspecified atom stereocenters. The summed E-state index contributed by atoms with van der Waals surface area (Å²) in [7, 11) is -3.19. The fourth-order valence-corrected chi connectivity index (χ4v) is 6.05. The third-order valence-electron chi connectivity index (χ3n) is 4.71. The monoisotopic (exact) mass is 421 g/mol. The van der Waals surface area contributed by atoms with Gasteiger partial charge in [0.05, 0.1) is 17.0 Å². The number of carbonyl (C=O) groups is 1. The molecule has 4 rings (SSSR count). The van der Waals surface area contributed by atoms with E-state index in [9.17, 15) is 13.2 Å². The second-order valence-electron chi connectivity index (χ2n) is 7.36. The van der Waals surface area contributed by atoms with E-state index in [0.29, 0.717) is 36.0 Å². The molecule has 1 saturated carbocycles. The number of nitrogens with one attached hydrogen (secondary N) is 1. The number of rotatable bonds is 6. The molecule has 0 spiro atoms. The molecule has 28 heavy (non-hydrogen) atoms. The molecule has 1 fully saturated rings. The smallest absolute Gasteiger partial charge is 0.257 e. The number of fused-ring (bicyclic) bond motifs is 1. The van der Waals surface area contributed by atoms with Gasteiger partial charge in [-0.15, -0.1) is 11.3 Å². The fraction of sp³-hybridized carbons (Fsp3) is 0.474. The number of ether oxygens (including phenoxy) is 1. The summed E-state index contributed by atoms with van der Waals surface area (Å²) in [6.45, 7) is 4.70. The second-order valence-corrected chi connectivity index (χ2v) is 10.7. The van der Waals surface area contributed by atoms with Crippen LogP contribution in [0.4, 0.5) is 5.13 Å². The van der Waals surface area contributed by atoms with Gasteiger partial charge in [0.2, 0.25) is 10.0 Å². The molecular formula is C19H23N3O4S2. The van der Waals surface area contributed by atoms with Crippen molar-refractivity contribution in [1.82, 2.24) is 9.29 Å². The summed E-state index contributed by atoms with van der Waals surface area (Å²) in [5.74, 6) is 0.470. The minimum atomic E-state index is -3.19. The quantitative estimate of drug-likeness (QED) is 0.774. The number of nitrogens with zero attached hydrogens (tertiary/aromatic N) is 2. The largest absolute Gasteiger partial charge is 0.491 e. The third kappa shape index (κ3) is 4.06. The van der Waals surface area contributed by atoms with Crippen LogP contribution in [0, 0.1) is 0 Å².